The van der Waals surface area contributed by atoms with Crippen LogP contribution in [0, 0.1) is 5.92 Å². The smallest absolute Gasteiger partial charge is 0.00518 e. The van der Waals surface area contributed by atoms with E-state index in [-0.39, 0.29) is 0 Å². The zero-order valence-electron chi connectivity index (χ0n) is 7.61. The van der Waals surface area contributed by atoms with Crippen LogP contribution in [0.25, 0.3) is 0 Å². The maximum atomic E-state index is 3.17. The van der Waals surface area contributed by atoms with Crippen LogP contribution in [0.1, 0.15) is 39.5 Å². The van der Waals surface area contributed by atoms with Crippen LogP contribution in [-0.4, -0.2) is 13.6 Å². The van der Waals surface area contributed by atoms with Gasteiger partial charge in [-0.2, -0.15) is 0 Å². The average molecular weight is 143 g/mol. The molecule has 1 heteroatoms. The lowest BCUT2D eigenvalue weighted by Crippen LogP contribution is -2.09. The molecule has 1 N–H and O–H groups in total. The second-order valence-electron chi connectivity index (χ2n) is 2.93. The molecule has 0 bridgehead atoms. The van der Waals surface area contributed by atoms with Crippen LogP contribution in [0.15, 0.2) is 0 Å². The highest BCUT2D eigenvalue weighted by atomic mass is 14.8. The minimum atomic E-state index is 0.966. The molecule has 0 atom stereocenters. The van der Waals surface area contributed by atoms with Crippen molar-refractivity contribution < 1.29 is 0 Å². The summed E-state index contributed by atoms with van der Waals surface area (Å²) in [6, 6.07) is 0. The first-order valence-electron chi connectivity index (χ1n) is 4.49. The van der Waals surface area contributed by atoms with Crippen molar-refractivity contribution in [1.82, 2.24) is 5.32 Å². The molecule has 0 aromatic rings. The highest BCUT2D eigenvalue weighted by Crippen LogP contribution is 2.13. The van der Waals surface area contributed by atoms with Gasteiger partial charge < -0.3 is 5.32 Å². The van der Waals surface area contributed by atoms with Gasteiger partial charge >= 0.3 is 0 Å². The van der Waals surface area contributed by atoms with Gasteiger partial charge in [-0.3, -0.25) is 0 Å². The summed E-state index contributed by atoms with van der Waals surface area (Å²) in [5.74, 6) is 0.966. The Hall–Kier alpha value is -0.0400. The van der Waals surface area contributed by atoms with E-state index < -0.39 is 0 Å². The summed E-state index contributed by atoms with van der Waals surface area (Å²) in [4.78, 5) is 0. The minimum Gasteiger partial charge on any atom is -0.320 e. The lowest BCUT2D eigenvalue weighted by molar-refractivity contribution is 0.437. The fourth-order valence-corrected chi connectivity index (χ4v) is 1.26. The summed E-state index contributed by atoms with van der Waals surface area (Å²) in [6.07, 6.45) is 5.43. The van der Waals surface area contributed by atoms with E-state index in [1.54, 1.807) is 0 Å². The predicted molar refractivity (Wildman–Crippen MR) is 47.2 cm³/mol. The van der Waals surface area contributed by atoms with E-state index in [0.29, 0.717) is 0 Å². The van der Waals surface area contributed by atoms with Crippen molar-refractivity contribution in [3.05, 3.63) is 0 Å². The molecule has 0 rings (SSSR count). The van der Waals surface area contributed by atoms with Crippen LogP contribution >= 0.6 is 0 Å². The van der Waals surface area contributed by atoms with Gasteiger partial charge in [0.1, 0.15) is 0 Å². The third-order valence-corrected chi connectivity index (χ3v) is 2.19. The van der Waals surface area contributed by atoms with Crippen molar-refractivity contribution in [2.45, 2.75) is 39.5 Å². The fourth-order valence-electron chi connectivity index (χ4n) is 1.26. The number of hydrogen-bond donors (Lipinski definition) is 1. The maximum Gasteiger partial charge on any atom is -0.00518 e. The van der Waals surface area contributed by atoms with Gasteiger partial charge in [-0.25, -0.2) is 0 Å². The summed E-state index contributed by atoms with van der Waals surface area (Å²) in [6.45, 7) is 5.75. The molecule has 0 unspecified atom stereocenters. The minimum absolute atomic E-state index is 0.966. The van der Waals surface area contributed by atoms with Gasteiger partial charge in [0.2, 0.25) is 0 Å². The second-order valence-corrected chi connectivity index (χ2v) is 2.93. The first-order chi connectivity index (χ1) is 4.85. The molecule has 0 aliphatic rings. The number of hydrogen-bond acceptors (Lipinski definition) is 1. The van der Waals surface area contributed by atoms with Crippen molar-refractivity contribution >= 4 is 0 Å². The molecular formula is C9H21N. The Morgan fingerprint density at radius 3 is 2.20 bits per heavy atom. The monoisotopic (exact) mass is 143 g/mol. The molecule has 0 heterocycles. The van der Waals surface area contributed by atoms with Crippen LogP contribution in [0.2, 0.25) is 0 Å². The van der Waals surface area contributed by atoms with E-state index in [1.165, 1.54) is 32.2 Å². The van der Waals surface area contributed by atoms with Crippen molar-refractivity contribution in [1.29, 1.82) is 0 Å². The molecule has 0 aromatic carbocycles. The second kappa shape index (κ2) is 7.07. The molecule has 0 aliphatic carbocycles. The number of nitrogens with one attached hydrogen (secondary N) is 1. The molecule has 1 nitrogen and oxygen atoms in total. The molecule has 0 aliphatic heterocycles. The van der Waals surface area contributed by atoms with Crippen molar-refractivity contribution in [2.75, 3.05) is 13.6 Å². The van der Waals surface area contributed by atoms with Gasteiger partial charge in [0.25, 0.3) is 0 Å². The van der Waals surface area contributed by atoms with Gasteiger partial charge in [-0.15, -0.1) is 0 Å². The average Bonchev–Trinajstić information content (AvgIpc) is 1.99. The summed E-state index contributed by atoms with van der Waals surface area (Å²) in [5, 5.41) is 3.17. The van der Waals surface area contributed by atoms with Crippen LogP contribution in [-0.2, 0) is 0 Å². The molecule has 0 fully saturated rings. The highest BCUT2D eigenvalue weighted by molar-refractivity contribution is 4.55. The van der Waals surface area contributed by atoms with Crippen LogP contribution in [0.3, 0.4) is 0 Å². The van der Waals surface area contributed by atoms with E-state index in [4.69, 9.17) is 0 Å². The third-order valence-electron chi connectivity index (χ3n) is 2.19. The van der Waals surface area contributed by atoms with Crippen LogP contribution in [0.4, 0.5) is 0 Å². The van der Waals surface area contributed by atoms with Gasteiger partial charge in [0, 0.05) is 0 Å². The zero-order chi connectivity index (χ0) is 7.82. The highest BCUT2D eigenvalue weighted by Gasteiger charge is 2.00. The molecule has 0 aromatic heterocycles. The van der Waals surface area contributed by atoms with E-state index in [1.807, 2.05) is 7.05 Å². The molecule has 0 spiro atoms. The topological polar surface area (TPSA) is 12.0 Å². The van der Waals surface area contributed by atoms with Gasteiger partial charge in [0.15, 0.2) is 0 Å². The summed E-state index contributed by atoms with van der Waals surface area (Å²) in [7, 11) is 2.02. The Morgan fingerprint density at radius 1 is 1.20 bits per heavy atom. The van der Waals surface area contributed by atoms with Gasteiger partial charge in [-0.1, -0.05) is 26.7 Å². The SMILES string of the molecule is CCC(CC)CCCNC. The summed E-state index contributed by atoms with van der Waals surface area (Å²) in [5.41, 5.74) is 0. The summed E-state index contributed by atoms with van der Waals surface area (Å²) >= 11 is 0. The molecule has 10 heavy (non-hydrogen) atoms. The van der Waals surface area contributed by atoms with Crippen molar-refractivity contribution in [3.8, 4) is 0 Å². The zero-order valence-corrected chi connectivity index (χ0v) is 7.61. The Kier molecular flexibility index (Phi) is 7.04. The Labute approximate surface area is 65.2 Å². The van der Waals surface area contributed by atoms with Crippen molar-refractivity contribution in [3.63, 3.8) is 0 Å². The fraction of sp³-hybridized carbons (Fsp3) is 1.00. The van der Waals surface area contributed by atoms with E-state index in [2.05, 4.69) is 19.2 Å². The van der Waals surface area contributed by atoms with Crippen LogP contribution < -0.4 is 5.32 Å². The maximum absolute atomic E-state index is 3.17. The Bertz CT molecular complexity index is 57.7. The Morgan fingerprint density at radius 2 is 1.80 bits per heavy atom. The Balaban J connectivity index is 3.09. The standard InChI is InChI=1S/C9H21N/c1-4-9(5-2)7-6-8-10-3/h9-10H,4-8H2,1-3H3. The largest absolute Gasteiger partial charge is 0.320 e. The normalized spacial score (nSPS) is 10.8. The molecule has 0 radical (unpaired) electrons. The molecule has 0 saturated heterocycles. The third kappa shape index (κ3) is 4.80. The van der Waals surface area contributed by atoms with E-state index in [0.717, 1.165) is 5.92 Å². The predicted octanol–water partition coefficient (Wildman–Crippen LogP) is 2.42. The molecule has 0 saturated carbocycles. The lowest BCUT2D eigenvalue weighted by Gasteiger charge is -2.10. The molecule has 0 amide bonds. The number of rotatable bonds is 6. The lowest BCUT2D eigenvalue weighted by atomic mass is 9.98. The summed E-state index contributed by atoms with van der Waals surface area (Å²) < 4.78 is 0. The van der Waals surface area contributed by atoms with E-state index in [9.17, 15) is 0 Å². The molecule has 62 valence electrons. The first-order valence-corrected chi connectivity index (χ1v) is 4.49. The molecular weight excluding hydrogens is 122 g/mol. The van der Waals surface area contributed by atoms with E-state index >= 15 is 0 Å². The quantitative estimate of drug-likeness (QED) is 0.563. The van der Waals surface area contributed by atoms with Gasteiger partial charge in [-0.05, 0) is 32.4 Å². The van der Waals surface area contributed by atoms with Gasteiger partial charge in [0.05, 0.1) is 0 Å². The first kappa shape index (κ1) is 9.96. The van der Waals surface area contributed by atoms with Crippen molar-refractivity contribution in [2.24, 2.45) is 5.92 Å². The van der Waals surface area contributed by atoms with Crippen LogP contribution in [0.5, 0.6) is 0 Å².